The van der Waals surface area contributed by atoms with Crippen molar-refractivity contribution in [3.05, 3.63) is 39.3 Å². The van der Waals surface area contributed by atoms with Crippen LogP contribution < -0.4 is 5.32 Å². The van der Waals surface area contributed by atoms with Gasteiger partial charge in [-0.05, 0) is 24.9 Å². The van der Waals surface area contributed by atoms with Gasteiger partial charge in [0.15, 0.2) is 0 Å². The van der Waals surface area contributed by atoms with Crippen LogP contribution in [0, 0.1) is 0 Å². The minimum absolute atomic E-state index is 0.213. The molecule has 0 radical (unpaired) electrons. The van der Waals surface area contributed by atoms with Crippen LogP contribution in [0.2, 0.25) is 5.02 Å². The van der Waals surface area contributed by atoms with Gasteiger partial charge < -0.3 is 5.32 Å². The van der Waals surface area contributed by atoms with Gasteiger partial charge >= 0.3 is 0 Å². The second kappa shape index (κ2) is 6.36. The fraction of sp³-hybridized carbons (Fsp3) is 0.462. The molecule has 2 aromatic heterocycles. The smallest absolute Gasteiger partial charge is 0.0834 e. The highest BCUT2D eigenvalue weighted by molar-refractivity contribution is 7.09. The van der Waals surface area contributed by atoms with E-state index >= 15 is 0 Å². The van der Waals surface area contributed by atoms with Crippen molar-refractivity contribution < 1.29 is 0 Å². The van der Waals surface area contributed by atoms with E-state index in [1.165, 1.54) is 4.88 Å². The first kappa shape index (κ1) is 13.6. The third-order valence-electron chi connectivity index (χ3n) is 2.93. The summed E-state index contributed by atoms with van der Waals surface area (Å²) in [5.41, 5.74) is 1.09. The van der Waals surface area contributed by atoms with Crippen LogP contribution in [0.1, 0.15) is 30.0 Å². The maximum absolute atomic E-state index is 6.27. The highest BCUT2D eigenvalue weighted by Gasteiger charge is 2.19. The Kier molecular flexibility index (Phi) is 4.80. The molecule has 0 spiro atoms. The Hall–Kier alpha value is -0.840. The van der Waals surface area contributed by atoms with Crippen molar-refractivity contribution in [2.24, 2.45) is 0 Å². The zero-order valence-corrected chi connectivity index (χ0v) is 12.3. The molecule has 2 heterocycles. The van der Waals surface area contributed by atoms with Gasteiger partial charge in [0, 0.05) is 17.8 Å². The average molecular weight is 284 g/mol. The van der Waals surface area contributed by atoms with Crippen LogP contribution in [-0.4, -0.2) is 16.8 Å². The molecule has 0 aromatic carbocycles. The predicted molar refractivity (Wildman–Crippen MR) is 77.4 cm³/mol. The number of aryl methyl sites for hydroxylation is 1. The Morgan fingerprint density at radius 2 is 2.39 bits per heavy atom. The van der Waals surface area contributed by atoms with Gasteiger partial charge in [0.05, 0.1) is 23.0 Å². The van der Waals surface area contributed by atoms with Crippen LogP contribution >= 0.6 is 22.9 Å². The molecule has 1 atom stereocenters. The van der Waals surface area contributed by atoms with E-state index in [1.807, 2.05) is 11.7 Å². The van der Waals surface area contributed by atoms with Crippen molar-refractivity contribution in [1.29, 1.82) is 0 Å². The van der Waals surface area contributed by atoms with Crippen LogP contribution in [0.5, 0.6) is 0 Å². The third kappa shape index (κ3) is 2.94. The number of thiophene rings is 1. The Balaban J connectivity index is 2.23. The fourth-order valence-corrected chi connectivity index (χ4v) is 3.10. The van der Waals surface area contributed by atoms with Gasteiger partial charge in [0.2, 0.25) is 0 Å². The highest BCUT2D eigenvalue weighted by atomic mass is 35.5. The lowest BCUT2D eigenvalue weighted by molar-refractivity contribution is 0.499. The molecule has 0 aliphatic rings. The standard InChI is InChI=1S/C13H18ClN3S/c1-3-6-17-13(11(14)9-16-17)12(15-2)8-10-5-4-7-18-10/h4-5,7,9,12,15H,3,6,8H2,1-2H3. The lowest BCUT2D eigenvalue weighted by Gasteiger charge is -2.18. The quantitative estimate of drug-likeness (QED) is 0.879. The van der Waals surface area contributed by atoms with E-state index in [4.69, 9.17) is 11.6 Å². The average Bonchev–Trinajstić information content (AvgIpc) is 2.98. The van der Waals surface area contributed by atoms with Gasteiger partial charge in [-0.3, -0.25) is 4.68 Å². The van der Waals surface area contributed by atoms with Crippen molar-refractivity contribution >= 4 is 22.9 Å². The van der Waals surface area contributed by atoms with Gasteiger partial charge in [0.25, 0.3) is 0 Å². The van der Waals surface area contributed by atoms with Crippen LogP contribution in [0.15, 0.2) is 23.7 Å². The fourth-order valence-electron chi connectivity index (χ4n) is 2.07. The van der Waals surface area contributed by atoms with E-state index in [0.717, 1.165) is 30.1 Å². The second-order valence-electron chi connectivity index (χ2n) is 4.23. The predicted octanol–water partition coefficient (Wildman–Crippen LogP) is 3.51. The monoisotopic (exact) mass is 283 g/mol. The van der Waals surface area contributed by atoms with E-state index < -0.39 is 0 Å². The number of rotatable bonds is 6. The van der Waals surface area contributed by atoms with Gasteiger partial charge in [0.1, 0.15) is 0 Å². The Morgan fingerprint density at radius 1 is 1.56 bits per heavy atom. The molecule has 3 nitrogen and oxygen atoms in total. The minimum Gasteiger partial charge on any atom is -0.311 e. The van der Waals surface area contributed by atoms with E-state index in [1.54, 1.807) is 17.5 Å². The summed E-state index contributed by atoms with van der Waals surface area (Å²) in [7, 11) is 1.97. The summed E-state index contributed by atoms with van der Waals surface area (Å²) in [5.74, 6) is 0. The first-order valence-corrected chi connectivity index (χ1v) is 7.42. The molecule has 18 heavy (non-hydrogen) atoms. The summed E-state index contributed by atoms with van der Waals surface area (Å²) < 4.78 is 2.01. The molecule has 2 rings (SSSR count). The lowest BCUT2D eigenvalue weighted by atomic mass is 10.1. The molecule has 0 saturated heterocycles. The Labute approximate surface area is 117 Å². The van der Waals surface area contributed by atoms with Gasteiger partial charge in [-0.1, -0.05) is 24.6 Å². The molecular formula is C13H18ClN3S. The Morgan fingerprint density at radius 3 is 3.00 bits per heavy atom. The van der Waals surface area contributed by atoms with Gasteiger partial charge in [-0.15, -0.1) is 11.3 Å². The first-order valence-electron chi connectivity index (χ1n) is 6.17. The van der Waals surface area contributed by atoms with E-state index in [9.17, 15) is 0 Å². The zero-order valence-electron chi connectivity index (χ0n) is 10.7. The molecule has 5 heteroatoms. The number of hydrogen-bond donors (Lipinski definition) is 1. The van der Waals surface area contributed by atoms with E-state index in [-0.39, 0.29) is 6.04 Å². The van der Waals surface area contributed by atoms with Crippen LogP contribution in [-0.2, 0) is 13.0 Å². The number of halogens is 1. The maximum atomic E-state index is 6.27. The molecule has 0 bridgehead atoms. The molecule has 0 aliphatic heterocycles. The van der Waals surface area contributed by atoms with Crippen molar-refractivity contribution in [3.8, 4) is 0 Å². The van der Waals surface area contributed by atoms with Crippen molar-refractivity contribution in [2.45, 2.75) is 32.4 Å². The first-order chi connectivity index (χ1) is 8.76. The number of nitrogens with one attached hydrogen (secondary N) is 1. The van der Waals surface area contributed by atoms with Crippen LogP contribution in [0.4, 0.5) is 0 Å². The lowest BCUT2D eigenvalue weighted by Crippen LogP contribution is -2.22. The molecule has 0 fully saturated rings. The summed E-state index contributed by atoms with van der Waals surface area (Å²) in [6, 6.07) is 4.45. The Bertz CT molecular complexity index is 478. The second-order valence-corrected chi connectivity index (χ2v) is 5.67. The van der Waals surface area contributed by atoms with E-state index in [2.05, 4.69) is 34.9 Å². The summed E-state index contributed by atoms with van der Waals surface area (Å²) in [4.78, 5) is 1.36. The minimum atomic E-state index is 0.213. The molecule has 2 aromatic rings. The van der Waals surface area contributed by atoms with E-state index in [0.29, 0.717) is 0 Å². The molecule has 0 aliphatic carbocycles. The zero-order chi connectivity index (χ0) is 13.0. The van der Waals surface area contributed by atoms with Crippen molar-refractivity contribution in [1.82, 2.24) is 15.1 Å². The molecule has 98 valence electrons. The maximum Gasteiger partial charge on any atom is 0.0834 e. The highest BCUT2D eigenvalue weighted by Crippen LogP contribution is 2.27. The summed E-state index contributed by atoms with van der Waals surface area (Å²) in [6.45, 7) is 3.05. The summed E-state index contributed by atoms with van der Waals surface area (Å²) >= 11 is 8.05. The molecule has 0 saturated carbocycles. The molecule has 1 N–H and O–H groups in total. The van der Waals surface area contributed by atoms with Crippen molar-refractivity contribution in [3.63, 3.8) is 0 Å². The van der Waals surface area contributed by atoms with Crippen LogP contribution in [0.25, 0.3) is 0 Å². The summed E-state index contributed by atoms with van der Waals surface area (Å²) in [6.07, 6.45) is 3.75. The molecule has 1 unspecified atom stereocenters. The van der Waals surface area contributed by atoms with Gasteiger partial charge in [-0.25, -0.2) is 0 Å². The topological polar surface area (TPSA) is 29.9 Å². The van der Waals surface area contributed by atoms with Crippen LogP contribution in [0.3, 0.4) is 0 Å². The SMILES string of the molecule is CCCn1ncc(Cl)c1C(Cc1cccs1)NC. The molecule has 0 amide bonds. The number of nitrogens with zero attached hydrogens (tertiary/aromatic N) is 2. The van der Waals surface area contributed by atoms with Crippen molar-refractivity contribution in [2.75, 3.05) is 7.05 Å². The number of likely N-dealkylation sites (N-methyl/N-ethyl adjacent to an activating group) is 1. The number of hydrogen-bond acceptors (Lipinski definition) is 3. The number of aromatic nitrogens is 2. The largest absolute Gasteiger partial charge is 0.311 e. The normalized spacial score (nSPS) is 12.8. The molecular weight excluding hydrogens is 266 g/mol. The third-order valence-corrected chi connectivity index (χ3v) is 4.12. The summed E-state index contributed by atoms with van der Waals surface area (Å²) in [5, 5.41) is 10.5. The van der Waals surface area contributed by atoms with Gasteiger partial charge in [-0.2, -0.15) is 5.10 Å².